The van der Waals surface area contributed by atoms with Gasteiger partial charge in [-0.25, -0.2) is 8.78 Å². The topological polar surface area (TPSA) is 111 Å². The third kappa shape index (κ3) is 4.72. The third-order valence-corrected chi connectivity index (χ3v) is 5.52. The van der Waals surface area contributed by atoms with Gasteiger partial charge in [0.05, 0.1) is 17.1 Å². The Balaban J connectivity index is 1.48. The first kappa shape index (κ1) is 23.6. The lowest BCUT2D eigenvalue weighted by atomic mass is 10.1. The number of ether oxygens (including phenoxy) is 1. The van der Waals surface area contributed by atoms with E-state index in [0.29, 0.717) is 25.3 Å². The number of amides is 2. The van der Waals surface area contributed by atoms with Crippen LogP contribution in [0.4, 0.5) is 20.3 Å². The number of carbonyl (C=O) groups excluding carboxylic acids is 2. The Bertz CT molecular complexity index is 1250. The van der Waals surface area contributed by atoms with Crippen molar-refractivity contribution in [1.82, 2.24) is 20.6 Å². The predicted molar refractivity (Wildman–Crippen MR) is 121 cm³/mol. The van der Waals surface area contributed by atoms with Gasteiger partial charge in [-0.15, -0.1) is 0 Å². The van der Waals surface area contributed by atoms with E-state index in [1.807, 2.05) is 31.2 Å². The number of halogens is 3. The molecule has 4 N–H and O–H groups in total. The van der Waals surface area contributed by atoms with E-state index in [1.54, 1.807) is 11.9 Å². The number of para-hydroxylation sites is 1. The second-order valence-corrected chi connectivity index (χ2v) is 8.00. The summed E-state index contributed by atoms with van der Waals surface area (Å²) < 4.78 is 32.6. The number of benzene rings is 2. The first-order valence-electron chi connectivity index (χ1n) is 10.3. The van der Waals surface area contributed by atoms with Crippen LogP contribution in [0, 0.1) is 11.6 Å². The fourth-order valence-electron chi connectivity index (χ4n) is 3.53. The molecule has 0 radical (unpaired) electrons. The smallest absolute Gasteiger partial charge is 0.283 e. The number of hydrazine groups is 1. The zero-order chi connectivity index (χ0) is 24.5. The van der Waals surface area contributed by atoms with Gasteiger partial charge in [0, 0.05) is 25.3 Å². The lowest BCUT2D eigenvalue weighted by molar-refractivity contribution is -0.146. The van der Waals surface area contributed by atoms with Crippen LogP contribution in [0.2, 0.25) is 5.02 Å². The van der Waals surface area contributed by atoms with Gasteiger partial charge in [0.1, 0.15) is 5.69 Å². The van der Waals surface area contributed by atoms with Crippen LogP contribution in [-0.4, -0.2) is 39.5 Å². The second kappa shape index (κ2) is 9.37. The Hall–Kier alpha value is -3.54. The van der Waals surface area contributed by atoms with Crippen molar-refractivity contribution in [2.75, 3.05) is 17.2 Å². The standard InChI is InChI=1S/C22H21ClF2N6O3/c1-3-34-22(2)27-17-7-5-4-6-12(17)11-31(22)30-21(33)18-10-19(29-28-18)26-20(32)13-8-15(24)16(25)9-14(13)23/h4-10,27H,3,11H2,1-2H3,(H,30,33)(H2,26,28,29,32). The molecule has 0 aliphatic carbocycles. The fourth-order valence-corrected chi connectivity index (χ4v) is 3.76. The summed E-state index contributed by atoms with van der Waals surface area (Å²) in [5, 5.41) is 13.4. The first-order valence-corrected chi connectivity index (χ1v) is 10.7. The van der Waals surface area contributed by atoms with Crippen molar-refractivity contribution in [3.05, 3.63) is 75.9 Å². The van der Waals surface area contributed by atoms with Crippen molar-refractivity contribution in [3.8, 4) is 0 Å². The van der Waals surface area contributed by atoms with E-state index in [0.717, 1.165) is 11.3 Å². The van der Waals surface area contributed by atoms with Crippen molar-refractivity contribution in [3.63, 3.8) is 0 Å². The summed E-state index contributed by atoms with van der Waals surface area (Å²) >= 11 is 5.83. The van der Waals surface area contributed by atoms with Crippen molar-refractivity contribution in [2.45, 2.75) is 26.2 Å². The summed E-state index contributed by atoms with van der Waals surface area (Å²) in [4.78, 5) is 25.3. The van der Waals surface area contributed by atoms with Crippen molar-refractivity contribution < 1.29 is 23.1 Å². The maximum absolute atomic E-state index is 13.5. The zero-order valence-electron chi connectivity index (χ0n) is 18.2. The highest BCUT2D eigenvalue weighted by atomic mass is 35.5. The van der Waals surface area contributed by atoms with E-state index in [2.05, 4.69) is 26.3 Å². The largest absolute Gasteiger partial charge is 0.343 e. The number of nitrogens with zero attached hydrogens (tertiary/aromatic N) is 2. The van der Waals surface area contributed by atoms with E-state index in [1.165, 1.54) is 6.07 Å². The molecular formula is C22H21ClF2N6O3. The van der Waals surface area contributed by atoms with Crippen LogP contribution in [0.15, 0.2) is 42.5 Å². The summed E-state index contributed by atoms with van der Waals surface area (Å²) in [6.45, 7) is 4.40. The molecule has 0 fully saturated rings. The quantitative estimate of drug-likeness (QED) is 0.390. The third-order valence-electron chi connectivity index (χ3n) is 5.21. The van der Waals surface area contributed by atoms with Crippen LogP contribution in [0.25, 0.3) is 0 Å². The monoisotopic (exact) mass is 490 g/mol. The molecule has 2 aromatic carbocycles. The Morgan fingerprint density at radius 3 is 2.71 bits per heavy atom. The number of fused-ring (bicyclic) bond motifs is 1. The number of aromatic nitrogens is 2. The van der Waals surface area contributed by atoms with Gasteiger partial charge in [0.2, 0.25) is 5.85 Å². The number of hydrogen-bond acceptors (Lipinski definition) is 6. The average Bonchev–Trinajstić information content (AvgIpc) is 3.25. The molecule has 9 nitrogen and oxygen atoms in total. The number of hydrogen-bond donors (Lipinski definition) is 4. The molecule has 0 saturated carbocycles. The molecule has 1 aliphatic heterocycles. The molecule has 1 unspecified atom stereocenters. The Labute approximate surface area is 198 Å². The highest BCUT2D eigenvalue weighted by molar-refractivity contribution is 6.34. The van der Waals surface area contributed by atoms with E-state index in [4.69, 9.17) is 16.3 Å². The number of rotatable bonds is 6. The number of nitrogens with one attached hydrogen (secondary N) is 4. The minimum Gasteiger partial charge on any atom is -0.343 e. The number of H-pyrrole nitrogens is 1. The van der Waals surface area contributed by atoms with Crippen molar-refractivity contribution >= 4 is 34.9 Å². The van der Waals surface area contributed by atoms with E-state index in [9.17, 15) is 18.4 Å². The Morgan fingerprint density at radius 1 is 1.21 bits per heavy atom. The molecule has 12 heteroatoms. The van der Waals surface area contributed by atoms with Crippen LogP contribution in [0.5, 0.6) is 0 Å². The van der Waals surface area contributed by atoms with Crippen LogP contribution >= 0.6 is 11.6 Å². The summed E-state index contributed by atoms with van der Waals surface area (Å²) in [5.74, 6) is -4.77. The van der Waals surface area contributed by atoms with Gasteiger partial charge in [0.15, 0.2) is 17.5 Å². The van der Waals surface area contributed by atoms with Crippen LogP contribution in [0.3, 0.4) is 0 Å². The van der Waals surface area contributed by atoms with Crippen LogP contribution in [0.1, 0.15) is 40.3 Å². The van der Waals surface area contributed by atoms with Crippen molar-refractivity contribution in [1.29, 1.82) is 0 Å². The fraction of sp³-hybridized carbons (Fsp3) is 0.227. The minimum absolute atomic E-state index is 0.00867. The molecule has 3 aromatic rings. The number of anilines is 2. The van der Waals surface area contributed by atoms with E-state index < -0.39 is 29.3 Å². The lowest BCUT2D eigenvalue weighted by Crippen LogP contribution is -2.62. The molecule has 178 valence electrons. The van der Waals surface area contributed by atoms with Gasteiger partial charge >= 0.3 is 0 Å². The van der Waals surface area contributed by atoms with Gasteiger partial charge < -0.3 is 15.4 Å². The highest BCUT2D eigenvalue weighted by Gasteiger charge is 2.38. The SMILES string of the molecule is CCOC1(C)Nc2ccccc2CN1NC(=O)c1cc(NC(=O)c2cc(F)c(F)cc2Cl)n[nH]1. The maximum Gasteiger partial charge on any atom is 0.283 e. The molecule has 2 amide bonds. The van der Waals surface area contributed by atoms with Crippen LogP contribution in [-0.2, 0) is 11.3 Å². The molecule has 34 heavy (non-hydrogen) atoms. The molecule has 4 rings (SSSR count). The second-order valence-electron chi connectivity index (χ2n) is 7.59. The Kier molecular flexibility index (Phi) is 6.51. The molecule has 0 saturated heterocycles. The van der Waals surface area contributed by atoms with Gasteiger partial charge in [0.25, 0.3) is 11.8 Å². The summed E-state index contributed by atoms with van der Waals surface area (Å²) in [7, 11) is 0. The van der Waals surface area contributed by atoms with Gasteiger partial charge in [-0.05, 0) is 30.7 Å². The summed E-state index contributed by atoms with van der Waals surface area (Å²) in [6.07, 6.45) is 0. The van der Waals surface area contributed by atoms with Crippen LogP contribution < -0.4 is 16.1 Å². The van der Waals surface area contributed by atoms with Gasteiger partial charge in [-0.1, -0.05) is 29.8 Å². The maximum atomic E-state index is 13.5. The Morgan fingerprint density at radius 2 is 1.94 bits per heavy atom. The molecular weight excluding hydrogens is 470 g/mol. The molecule has 1 aliphatic rings. The molecule has 2 heterocycles. The van der Waals surface area contributed by atoms with Gasteiger partial charge in [-0.2, -0.15) is 10.1 Å². The first-order chi connectivity index (χ1) is 16.2. The lowest BCUT2D eigenvalue weighted by Gasteiger charge is -2.45. The number of aromatic amines is 1. The van der Waals surface area contributed by atoms with E-state index >= 15 is 0 Å². The molecule has 0 bridgehead atoms. The summed E-state index contributed by atoms with van der Waals surface area (Å²) in [6, 6.07) is 10.3. The van der Waals surface area contributed by atoms with Crippen molar-refractivity contribution in [2.24, 2.45) is 0 Å². The summed E-state index contributed by atoms with van der Waals surface area (Å²) in [5.41, 5.74) is 4.41. The molecule has 1 atom stereocenters. The van der Waals surface area contributed by atoms with Gasteiger partial charge in [-0.3, -0.25) is 20.1 Å². The normalized spacial score (nSPS) is 17.6. The number of carbonyl (C=O) groups is 2. The molecule has 0 spiro atoms. The molecule has 1 aromatic heterocycles. The zero-order valence-corrected chi connectivity index (χ0v) is 19.0. The highest BCUT2D eigenvalue weighted by Crippen LogP contribution is 2.30. The minimum atomic E-state index is -1.22. The predicted octanol–water partition coefficient (Wildman–Crippen LogP) is 3.88. The van der Waals surface area contributed by atoms with E-state index in [-0.39, 0.29) is 22.1 Å². The average molecular weight is 491 g/mol.